The molecule has 2 N–H and O–H groups in total. The molecule has 1 saturated carbocycles. The van der Waals surface area contributed by atoms with Gasteiger partial charge in [0.25, 0.3) is 0 Å². The van der Waals surface area contributed by atoms with E-state index in [0.717, 1.165) is 31.5 Å². The van der Waals surface area contributed by atoms with Crippen LogP contribution in [0.25, 0.3) is 0 Å². The summed E-state index contributed by atoms with van der Waals surface area (Å²) in [5, 5.41) is 31.5. The lowest BCUT2D eigenvalue weighted by atomic mass is 9.63. The zero-order valence-corrected chi connectivity index (χ0v) is 13.5. The Hall–Kier alpha value is -2.04. The van der Waals surface area contributed by atoms with Gasteiger partial charge in [-0.1, -0.05) is 20.8 Å². The fourth-order valence-corrected chi connectivity index (χ4v) is 3.87. The van der Waals surface area contributed by atoms with Crippen molar-refractivity contribution in [2.45, 2.75) is 46.1 Å². The Balaban J connectivity index is 2.10. The van der Waals surface area contributed by atoms with Crippen molar-refractivity contribution in [3.8, 4) is 12.1 Å². The molecule has 4 heteroatoms. The first-order chi connectivity index (χ1) is 10.3. The molecule has 0 aromatic heterocycles. The Kier molecular flexibility index (Phi) is 4.44. The van der Waals surface area contributed by atoms with E-state index < -0.39 is 0 Å². The SMILES string of the molecule is CC1(C)CC(O)CC(C)(CNc2ccc(C#N)c(C#N)c2)C1. The molecule has 1 aromatic rings. The summed E-state index contributed by atoms with van der Waals surface area (Å²) < 4.78 is 0. The Labute approximate surface area is 132 Å². The van der Waals surface area contributed by atoms with Crippen LogP contribution in [0.15, 0.2) is 18.2 Å². The average Bonchev–Trinajstić information content (AvgIpc) is 2.42. The van der Waals surface area contributed by atoms with Crippen LogP contribution < -0.4 is 5.32 Å². The number of hydrogen-bond acceptors (Lipinski definition) is 4. The van der Waals surface area contributed by atoms with E-state index in [9.17, 15) is 5.11 Å². The number of hydrogen-bond donors (Lipinski definition) is 2. The minimum absolute atomic E-state index is 0.0157. The molecule has 1 fully saturated rings. The van der Waals surface area contributed by atoms with Crippen molar-refractivity contribution < 1.29 is 5.11 Å². The molecule has 1 aliphatic rings. The van der Waals surface area contributed by atoms with E-state index in [1.54, 1.807) is 12.1 Å². The van der Waals surface area contributed by atoms with Crippen molar-refractivity contribution in [2.75, 3.05) is 11.9 Å². The van der Waals surface area contributed by atoms with Gasteiger partial charge in [-0.25, -0.2) is 0 Å². The minimum atomic E-state index is -0.258. The zero-order chi connectivity index (χ0) is 16.4. The van der Waals surface area contributed by atoms with Gasteiger partial charge in [-0.3, -0.25) is 0 Å². The Morgan fingerprint density at radius 3 is 2.45 bits per heavy atom. The fourth-order valence-electron chi connectivity index (χ4n) is 3.87. The van der Waals surface area contributed by atoms with Crippen LogP contribution in [0, 0.1) is 33.5 Å². The summed E-state index contributed by atoms with van der Waals surface area (Å²) >= 11 is 0. The lowest BCUT2D eigenvalue weighted by Gasteiger charge is -2.45. The Morgan fingerprint density at radius 2 is 1.86 bits per heavy atom. The third kappa shape index (κ3) is 3.78. The third-order valence-electron chi connectivity index (χ3n) is 4.40. The monoisotopic (exact) mass is 297 g/mol. The molecule has 0 aliphatic heterocycles. The van der Waals surface area contributed by atoms with Crippen molar-refractivity contribution in [3.05, 3.63) is 29.3 Å². The second kappa shape index (κ2) is 5.99. The molecule has 0 spiro atoms. The molecule has 1 aromatic carbocycles. The molecule has 4 nitrogen and oxygen atoms in total. The predicted octanol–water partition coefficient (Wildman–Crippen LogP) is 3.42. The maximum Gasteiger partial charge on any atom is 0.101 e. The van der Waals surface area contributed by atoms with Gasteiger partial charge in [0, 0.05) is 12.2 Å². The van der Waals surface area contributed by atoms with E-state index >= 15 is 0 Å². The largest absolute Gasteiger partial charge is 0.393 e. The van der Waals surface area contributed by atoms with E-state index in [4.69, 9.17) is 10.5 Å². The molecular weight excluding hydrogens is 274 g/mol. The highest BCUT2D eigenvalue weighted by molar-refractivity contribution is 5.56. The first kappa shape index (κ1) is 16.3. The van der Waals surface area contributed by atoms with E-state index in [0.29, 0.717) is 11.1 Å². The fraction of sp³-hybridized carbons (Fsp3) is 0.556. The third-order valence-corrected chi connectivity index (χ3v) is 4.40. The number of aliphatic hydroxyl groups excluding tert-OH is 1. The van der Waals surface area contributed by atoms with Crippen LogP contribution in [-0.2, 0) is 0 Å². The van der Waals surface area contributed by atoms with Crippen LogP contribution in [0.5, 0.6) is 0 Å². The number of nitrogens with zero attached hydrogens (tertiary/aromatic N) is 2. The van der Waals surface area contributed by atoms with Crippen LogP contribution in [0.4, 0.5) is 5.69 Å². The molecule has 0 amide bonds. The molecule has 116 valence electrons. The van der Waals surface area contributed by atoms with Crippen molar-refractivity contribution in [1.82, 2.24) is 0 Å². The van der Waals surface area contributed by atoms with E-state index in [-0.39, 0.29) is 16.9 Å². The molecule has 2 atom stereocenters. The summed E-state index contributed by atoms with van der Waals surface area (Å²) in [7, 11) is 0. The van der Waals surface area contributed by atoms with Gasteiger partial charge in [0.15, 0.2) is 0 Å². The molecule has 0 radical (unpaired) electrons. The molecule has 2 unspecified atom stereocenters. The molecule has 1 aliphatic carbocycles. The van der Waals surface area contributed by atoms with Crippen LogP contribution in [0.3, 0.4) is 0 Å². The zero-order valence-electron chi connectivity index (χ0n) is 13.5. The highest BCUT2D eigenvalue weighted by Gasteiger charge is 2.40. The summed E-state index contributed by atoms with van der Waals surface area (Å²) in [6.45, 7) is 7.33. The van der Waals surface area contributed by atoms with Crippen molar-refractivity contribution in [3.63, 3.8) is 0 Å². The second-order valence-electron chi connectivity index (χ2n) is 7.55. The van der Waals surface area contributed by atoms with Crippen LogP contribution >= 0.6 is 0 Å². The van der Waals surface area contributed by atoms with Crippen molar-refractivity contribution >= 4 is 5.69 Å². The summed E-state index contributed by atoms with van der Waals surface area (Å²) in [5.74, 6) is 0. The van der Waals surface area contributed by atoms with Crippen LogP contribution in [0.1, 0.15) is 51.2 Å². The van der Waals surface area contributed by atoms with Gasteiger partial charge in [-0.15, -0.1) is 0 Å². The normalized spacial score (nSPS) is 26.7. The number of nitriles is 2. The maximum absolute atomic E-state index is 10.1. The second-order valence-corrected chi connectivity index (χ2v) is 7.55. The molecule has 0 bridgehead atoms. The standard InChI is InChI=1S/C18H23N3O/c1-17(2)7-16(22)8-18(3,11-17)12-21-15-5-4-13(9-19)14(6-15)10-20/h4-6,16,21-22H,7-8,11-12H2,1-3H3. The Morgan fingerprint density at radius 1 is 1.18 bits per heavy atom. The van der Waals surface area contributed by atoms with Gasteiger partial charge < -0.3 is 10.4 Å². The van der Waals surface area contributed by atoms with Gasteiger partial charge in [0.2, 0.25) is 0 Å². The maximum atomic E-state index is 10.1. The Bertz CT molecular complexity index is 639. The molecular formula is C18H23N3O. The van der Waals surface area contributed by atoms with Crippen LogP contribution in [0.2, 0.25) is 0 Å². The van der Waals surface area contributed by atoms with E-state index in [1.807, 2.05) is 12.1 Å². The molecule has 2 rings (SSSR count). The van der Waals surface area contributed by atoms with Crippen LogP contribution in [-0.4, -0.2) is 17.8 Å². The first-order valence-electron chi connectivity index (χ1n) is 7.63. The van der Waals surface area contributed by atoms with Gasteiger partial charge in [0.1, 0.15) is 12.1 Å². The number of benzene rings is 1. The van der Waals surface area contributed by atoms with E-state index in [2.05, 4.69) is 32.2 Å². The molecule has 0 heterocycles. The highest BCUT2D eigenvalue weighted by atomic mass is 16.3. The number of anilines is 1. The van der Waals surface area contributed by atoms with Gasteiger partial charge in [-0.05, 0) is 48.3 Å². The number of aliphatic hydroxyl groups is 1. The van der Waals surface area contributed by atoms with Crippen molar-refractivity contribution in [1.29, 1.82) is 10.5 Å². The smallest absolute Gasteiger partial charge is 0.101 e. The predicted molar refractivity (Wildman–Crippen MR) is 86.1 cm³/mol. The lowest BCUT2D eigenvalue weighted by Crippen LogP contribution is -2.42. The van der Waals surface area contributed by atoms with Gasteiger partial charge in [-0.2, -0.15) is 10.5 Å². The minimum Gasteiger partial charge on any atom is -0.393 e. The summed E-state index contributed by atoms with van der Waals surface area (Å²) in [5.41, 5.74) is 1.78. The van der Waals surface area contributed by atoms with Gasteiger partial charge >= 0.3 is 0 Å². The summed E-state index contributed by atoms with van der Waals surface area (Å²) in [6.07, 6.45) is 2.42. The number of nitrogens with one attached hydrogen (secondary N) is 1. The first-order valence-corrected chi connectivity index (χ1v) is 7.63. The summed E-state index contributed by atoms with van der Waals surface area (Å²) in [4.78, 5) is 0. The van der Waals surface area contributed by atoms with Gasteiger partial charge in [0.05, 0.1) is 17.2 Å². The highest BCUT2D eigenvalue weighted by Crippen LogP contribution is 2.46. The van der Waals surface area contributed by atoms with Crippen molar-refractivity contribution in [2.24, 2.45) is 10.8 Å². The molecule has 0 saturated heterocycles. The quantitative estimate of drug-likeness (QED) is 0.896. The topological polar surface area (TPSA) is 79.8 Å². The molecule has 22 heavy (non-hydrogen) atoms. The summed E-state index contributed by atoms with van der Waals surface area (Å²) in [6, 6.07) is 9.28. The average molecular weight is 297 g/mol. The lowest BCUT2D eigenvalue weighted by molar-refractivity contribution is -0.00317. The number of rotatable bonds is 3. The van der Waals surface area contributed by atoms with E-state index in [1.165, 1.54) is 0 Å².